The number of halogens is 1. The summed E-state index contributed by atoms with van der Waals surface area (Å²) in [5, 5.41) is 0. The van der Waals surface area contributed by atoms with E-state index < -0.39 is 15.8 Å². The highest BCUT2D eigenvalue weighted by molar-refractivity contribution is 7.89. The SMILES string of the molecule is CN(CC1CC2CCC1C2)S(=O)(=O)c1cc(N)ccc1F. The van der Waals surface area contributed by atoms with Gasteiger partial charge in [-0.05, 0) is 55.2 Å². The molecule has 1 aromatic rings. The summed E-state index contributed by atoms with van der Waals surface area (Å²) in [5.41, 5.74) is 5.84. The minimum absolute atomic E-state index is 0.253. The molecule has 2 saturated carbocycles. The topological polar surface area (TPSA) is 63.4 Å². The quantitative estimate of drug-likeness (QED) is 0.869. The largest absolute Gasteiger partial charge is 0.399 e. The number of nitrogens with two attached hydrogens (primary N) is 1. The fraction of sp³-hybridized carbons (Fsp3) is 0.600. The van der Waals surface area contributed by atoms with Crippen LogP contribution in [0.25, 0.3) is 0 Å². The molecule has 2 N–H and O–H groups in total. The molecule has 21 heavy (non-hydrogen) atoms. The van der Waals surface area contributed by atoms with E-state index in [2.05, 4.69) is 0 Å². The Kier molecular flexibility index (Phi) is 3.69. The Labute approximate surface area is 125 Å². The fourth-order valence-electron chi connectivity index (χ4n) is 3.91. The summed E-state index contributed by atoms with van der Waals surface area (Å²) in [6.45, 7) is 0.470. The Morgan fingerprint density at radius 2 is 2.10 bits per heavy atom. The Bertz CT molecular complexity index is 647. The summed E-state index contributed by atoms with van der Waals surface area (Å²) in [6.07, 6.45) is 4.81. The van der Waals surface area contributed by atoms with Gasteiger partial charge in [0, 0.05) is 19.3 Å². The van der Waals surface area contributed by atoms with E-state index in [1.807, 2.05) is 0 Å². The lowest BCUT2D eigenvalue weighted by Gasteiger charge is -2.27. The lowest BCUT2D eigenvalue weighted by atomic mass is 9.89. The number of fused-ring (bicyclic) bond motifs is 2. The zero-order valence-electron chi connectivity index (χ0n) is 12.1. The second-order valence-corrected chi connectivity index (χ2v) is 8.42. The maximum absolute atomic E-state index is 13.8. The monoisotopic (exact) mass is 312 g/mol. The van der Waals surface area contributed by atoms with Gasteiger partial charge in [0.1, 0.15) is 10.7 Å². The van der Waals surface area contributed by atoms with Crippen LogP contribution in [-0.4, -0.2) is 26.3 Å². The Balaban J connectivity index is 1.79. The molecular weight excluding hydrogens is 291 g/mol. The minimum atomic E-state index is -3.82. The van der Waals surface area contributed by atoms with Crippen LogP contribution in [0.5, 0.6) is 0 Å². The standard InChI is InChI=1S/C15H21FN2O2S/c1-18(9-12-7-10-2-3-11(12)6-10)21(19,20)15-8-13(17)4-5-14(15)16/h4-5,8,10-12H,2-3,6-7,9,17H2,1H3. The van der Waals surface area contributed by atoms with Crippen LogP contribution in [0, 0.1) is 23.6 Å². The van der Waals surface area contributed by atoms with Gasteiger partial charge in [-0.3, -0.25) is 0 Å². The zero-order chi connectivity index (χ0) is 15.2. The lowest BCUT2D eigenvalue weighted by molar-refractivity contribution is 0.280. The summed E-state index contributed by atoms with van der Waals surface area (Å²) < 4.78 is 40.2. The number of hydrogen-bond acceptors (Lipinski definition) is 3. The van der Waals surface area contributed by atoms with E-state index in [-0.39, 0.29) is 10.6 Å². The van der Waals surface area contributed by atoms with Crippen LogP contribution in [0.4, 0.5) is 10.1 Å². The molecule has 3 unspecified atom stereocenters. The second-order valence-electron chi connectivity index (χ2n) is 6.41. The van der Waals surface area contributed by atoms with E-state index in [1.54, 1.807) is 0 Å². The number of rotatable bonds is 4. The first kappa shape index (κ1) is 14.8. The van der Waals surface area contributed by atoms with Crippen LogP contribution < -0.4 is 5.73 Å². The van der Waals surface area contributed by atoms with Gasteiger partial charge in [-0.25, -0.2) is 17.1 Å². The molecule has 0 spiro atoms. The van der Waals surface area contributed by atoms with Crippen LogP contribution in [0.15, 0.2) is 23.1 Å². The highest BCUT2D eigenvalue weighted by Gasteiger charge is 2.41. The number of anilines is 1. The van der Waals surface area contributed by atoms with Crippen LogP contribution in [-0.2, 0) is 10.0 Å². The highest BCUT2D eigenvalue weighted by Crippen LogP contribution is 2.48. The first-order valence-corrected chi connectivity index (χ1v) is 8.83. The molecule has 3 atom stereocenters. The number of nitrogen functional groups attached to an aromatic ring is 1. The molecular formula is C15H21FN2O2S. The molecule has 0 aliphatic heterocycles. The predicted octanol–water partition coefficient (Wildman–Crippen LogP) is 2.46. The average Bonchev–Trinajstić information content (AvgIpc) is 3.03. The van der Waals surface area contributed by atoms with Gasteiger partial charge in [0.15, 0.2) is 0 Å². The lowest BCUT2D eigenvalue weighted by Crippen LogP contribution is -2.34. The molecule has 2 aliphatic carbocycles. The van der Waals surface area contributed by atoms with Gasteiger partial charge in [0.25, 0.3) is 0 Å². The molecule has 2 fully saturated rings. The van der Waals surface area contributed by atoms with Crippen LogP contribution in [0.2, 0.25) is 0 Å². The predicted molar refractivity (Wildman–Crippen MR) is 79.6 cm³/mol. The van der Waals surface area contributed by atoms with Gasteiger partial charge < -0.3 is 5.73 Å². The van der Waals surface area contributed by atoms with Crippen LogP contribution >= 0.6 is 0 Å². The van der Waals surface area contributed by atoms with E-state index in [1.165, 1.54) is 42.7 Å². The van der Waals surface area contributed by atoms with Crippen LogP contribution in [0.3, 0.4) is 0 Å². The number of benzene rings is 1. The molecule has 4 nitrogen and oxygen atoms in total. The van der Waals surface area contributed by atoms with Gasteiger partial charge in [-0.2, -0.15) is 0 Å². The summed E-state index contributed by atoms with van der Waals surface area (Å²) in [5.74, 6) is 1.06. The van der Waals surface area contributed by atoms with Gasteiger partial charge in [-0.1, -0.05) is 6.42 Å². The normalized spacial score (nSPS) is 28.4. The first-order chi connectivity index (χ1) is 9.88. The molecule has 1 aromatic carbocycles. The maximum atomic E-state index is 13.8. The van der Waals surface area contributed by atoms with E-state index in [9.17, 15) is 12.8 Å². The molecule has 3 rings (SSSR count). The molecule has 0 heterocycles. The summed E-state index contributed by atoms with van der Waals surface area (Å²) in [6, 6.07) is 3.67. The van der Waals surface area contributed by atoms with Gasteiger partial charge in [0.05, 0.1) is 0 Å². The van der Waals surface area contributed by atoms with Crippen molar-refractivity contribution in [2.24, 2.45) is 17.8 Å². The molecule has 2 aliphatic rings. The van der Waals surface area contributed by atoms with Crippen molar-refractivity contribution < 1.29 is 12.8 Å². The molecule has 116 valence electrons. The first-order valence-electron chi connectivity index (χ1n) is 7.39. The summed E-state index contributed by atoms with van der Waals surface area (Å²) >= 11 is 0. The van der Waals surface area contributed by atoms with E-state index in [4.69, 9.17) is 5.73 Å². The molecule has 0 radical (unpaired) electrons. The third-order valence-corrected chi connectivity index (χ3v) is 6.86. The third kappa shape index (κ3) is 2.66. The minimum Gasteiger partial charge on any atom is -0.399 e. The second kappa shape index (κ2) is 5.25. The molecule has 0 saturated heterocycles. The number of hydrogen-bond donors (Lipinski definition) is 1. The Hall–Kier alpha value is -1.14. The Morgan fingerprint density at radius 1 is 1.33 bits per heavy atom. The molecule has 0 aromatic heterocycles. The maximum Gasteiger partial charge on any atom is 0.245 e. The van der Waals surface area contributed by atoms with Crippen LogP contribution in [0.1, 0.15) is 25.7 Å². The van der Waals surface area contributed by atoms with Crippen molar-refractivity contribution in [3.63, 3.8) is 0 Å². The number of nitrogens with zero attached hydrogens (tertiary/aromatic N) is 1. The highest BCUT2D eigenvalue weighted by atomic mass is 32.2. The average molecular weight is 312 g/mol. The Morgan fingerprint density at radius 3 is 2.71 bits per heavy atom. The fourth-order valence-corrected chi connectivity index (χ4v) is 5.24. The van der Waals surface area contributed by atoms with Crippen molar-refractivity contribution in [2.45, 2.75) is 30.6 Å². The smallest absolute Gasteiger partial charge is 0.245 e. The van der Waals surface area contributed by atoms with Crippen molar-refractivity contribution in [2.75, 3.05) is 19.3 Å². The van der Waals surface area contributed by atoms with Crippen molar-refractivity contribution in [3.05, 3.63) is 24.0 Å². The van der Waals surface area contributed by atoms with E-state index >= 15 is 0 Å². The van der Waals surface area contributed by atoms with Crippen molar-refractivity contribution in [1.29, 1.82) is 0 Å². The van der Waals surface area contributed by atoms with Crippen molar-refractivity contribution in [3.8, 4) is 0 Å². The van der Waals surface area contributed by atoms with E-state index in [0.29, 0.717) is 18.4 Å². The zero-order valence-corrected chi connectivity index (χ0v) is 12.9. The molecule has 6 heteroatoms. The molecule has 2 bridgehead atoms. The van der Waals surface area contributed by atoms with Gasteiger partial charge >= 0.3 is 0 Å². The summed E-state index contributed by atoms with van der Waals surface area (Å²) in [7, 11) is -2.29. The van der Waals surface area contributed by atoms with Crippen molar-refractivity contribution >= 4 is 15.7 Å². The van der Waals surface area contributed by atoms with Crippen molar-refractivity contribution in [1.82, 2.24) is 4.31 Å². The van der Waals surface area contributed by atoms with Gasteiger partial charge in [-0.15, -0.1) is 0 Å². The van der Waals surface area contributed by atoms with E-state index in [0.717, 1.165) is 18.4 Å². The van der Waals surface area contributed by atoms with Gasteiger partial charge in [0.2, 0.25) is 10.0 Å². The number of sulfonamides is 1. The molecule has 0 amide bonds. The third-order valence-electron chi connectivity index (χ3n) is 5.02. The summed E-state index contributed by atoms with van der Waals surface area (Å²) in [4.78, 5) is -0.326.